The minimum absolute atomic E-state index is 0.00166. The molecule has 4 rings (SSSR count). The van der Waals surface area contributed by atoms with E-state index >= 15 is 0 Å². The van der Waals surface area contributed by atoms with Crippen molar-refractivity contribution < 1.29 is 19.1 Å². The number of carbonyl (C=O) groups excluding carboxylic acids is 3. The van der Waals surface area contributed by atoms with Crippen LogP contribution in [0.5, 0.6) is 0 Å². The number of aliphatic imine (C=N–C) groups is 1. The molecule has 0 aromatic heterocycles. The molecule has 0 spiro atoms. The van der Waals surface area contributed by atoms with Gasteiger partial charge in [0.25, 0.3) is 0 Å². The second-order valence-corrected chi connectivity index (χ2v) is 10.7. The highest BCUT2D eigenvalue weighted by atomic mass is 32.2. The summed E-state index contributed by atoms with van der Waals surface area (Å²) >= 11 is 1.46. The zero-order chi connectivity index (χ0) is 25.3. The predicted molar refractivity (Wildman–Crippen MR) is 136 cm³/mol. The van der Waals surface area contributed by atoms with Gasteiger partial charge in [-0.05, 0) is 38.7 Å². The quantitative estimate of drug-likeness (QED) is 0.592. The number of ether oxygens (including phenoxy) is 1. The molecule has 1 unspecified atom stereocenters. The summed E-state index contributed by atoms with van der Waals surface area (Å²) in [5.41, 5.74) is 2.18. The molecule has 1 aromatic carbocycles. The van der Waals surface area contributed by atoms with Gasteiger partial charge in [-0.15, -0.1) is 0 Å². The summed E-state index contributed by atoms with van der Waals surface area (Å²) in [5, 5.41) is 2.69. The fraction of sp³-hybridized carbons (Fsp3) is 0.462. The van der Waals surface area contributed by atoms with Crippen LogP contribution < -0.4 is 0 Å². The highest BCUT2D eigenvalue weighted by molar-refractivity contribution is 8.16. The van der Waals surface area contributed by atoms with Crippen LogP contribution in [0.4, 0.5) is 0 Å². The number of amides is 2. The van der Waals surface area contributed by atoms with Gasteiger partial charge in [-0.1, -0.05) is 42.1 Å². The van der Waals surface area contributed by atoms with Gasteiger partial charge in [0, 0.05) is 38.8 Å². The number of amidine groups is 1. The van der Waals surface area contributed by atoms with E-state index in [1.54, 1.807) is 16.7 Å². The van der Waals surface area contributed by atoms with E-state index in [0.717, 1.165) is 16.4 Å². The molecule has 3 heterocycles. The van der Waals surface area contributed by atoms with Crippen molar-refractivity contribution in [3.8, 4) is 0 Å². The van der Waals surface area contributed by atoms with Crippen LogP contribution in [-0.4, -0.2) is 69.4 Å². The molecule has 0 saturated carbocycles. The van der Waals surface area contributed by atoms with Crippen LogP contribution in [0.1, 0.15) is 52.6 Å². The molecule has 1 aromatic rings. The lowest BCUT2D eigenvalue weighted by atomic mass is 9.93. The van der Waals surface area contributed by atoms with E-state index in [0.29, 0.717) is 37.4 Å². The molecule has 186 valence electrons. The summed E-state index contributed by atoms with van der Waals surface area (Å²) in [6.45, 7) is 11.0. The number of hydrogen-bond acceptors (Lipinski definition) is 7. The Labute approximate surface area is 210 Å². The number of thioether (sulfide) groups is 1. The average Bonchev–Trinajstić information content (AvgIpc) is 3.19. The number of esters is 1. The molecule has 3 aliphatic rings. The Hall–Kier alpha value is -3.07. The Balaban J connectivity index is 1.61. The Bertz CT molecular complexity index is 1110. The minimum Gasteiger partial charge on any atom is -0.456 e. The van der Waals surface area contributed by atoms with Gasteiger partial charge in [-0.3, -0.25) is 9.59 Å². The number of nitrogens with zero attached hydrogens (tertiary/aromatic N) is 4. The maximum Gasteiger partial charge on any atom is 0.338 e. The Morgan fingerprint density at radius 2 is 1.69 bits per heavy atom. The van der Waals surface area contributed by atoms with Gasteiger partial charge < -0.3 is 19.4 Å². The molecule has 0 bridgehead atoms. The molecule has 0 radical (unpaired) electrons. The highest BCUT2D eigenvalue weighted by Crippen LogP contribution is 2.45. The maximum atomic E-state index is 13.3. The number of fused-ring (bicyclic) bond motifs is 1. The van der Waals surface area contributed by atoms with Gasteiger partial charge in [-0.2, -0.15) is 0 Å². The zero-order valence-electron chi connectivity index (χ0n) is 20.9. The van der Waals surface area contributed by atoms with Crippen molar-refractivity contribution in [3.05, 3.63) is 58.3 Å². The lowest BCUT2D eigenvalue weighted by Gasteiger charge is -2.38. The van der Waals surface area contributed by atoms with Gasteiger partial charge in [-0.25, -0.2) is 9.79 Å². The second kappa shape index (κ2) is 9.89. The Kier molecular flexibility index (Phi) is 7.07. The van der Waals surface area contributed by atoms with Gasteiger partial charge in [0.15, 0.2) is 5.17 Å². The average molecular weight is 497 g/mol. The third-order valence-corrected chi connectivity index (χ3v) is 7.03. The van der Waals surface area contributed by atoms with Crippen LogP contribution in [0.25, 0.3) is 0 Å². The summed E-state index contributed by atoms with van der Waals surface area (Å²) < 4.78 is 5.76. The molecule has 8 nitrogen and oxygen atoms in total. The first-order valence-electron chi connectivity index (χ1n) is 11.8. The summed E-state index contributed by atoms with van der Waals surface area (Å²) in [4.78, 5) is 48.5. The third kappa shape index (κ3) is 5.45. The lowest BCUT2D eigenvalue weighted by molar-refractivity contribution is -0.150. The van der Waals surface area contributed by atoms with E-state index in [9.17, 15) is 14.4 Å². The van der Waals surface area contributed by atoms with Crippen molar-refractivity contribution in [1.29, 1.82) is 0 Å². The SMILES string of the molecule is CC(=O)N1CCN(C(=O)CC2=CSC3=NC(C)=C(C(=O)OC(C)(C)C)C(c4ccccc4)N23)CC1. The molecule has 2 amide bonds. The van der Waals surface area contributed by atoms with Crippen molar-refractivity contribution in [1.82, 2.24) is 14.7 Å². The largest absolute Gasteiger partial charge is 0.456 e. The first kappa shape index (κ1) is 25.0. The predicted octanol–water partition coefficient (Wildman–Crippen LogP) is 3.68. The standard InChI is InChI=1S/C26H32N4O4S/c1-17-22(24(33)34-26(3,4)5)23(19-9-7-6-8-10-19)30-20(16-35-25(30)27-17)15-21(32)29-13-11-28(12-14-29)18(2)31/h6-10,16,23H,11-15H2,1-5H3. The van der Waals surface area contributed by atoms with E-state index in [2.05, 4.69) is 0 Å². The molecule has 0 aliphatic carbocycles. The number of carbonyl (C=O) groups is 3. The number of rotatable bonds is 4. The number of allylic oxidation sites excluding steroid dienone is 1. The van der Waals surface area contributed by atoms with Crippen LogP contribution >= 0.6 is 11.8 Å². The molecule has 35 heavy (non-hydrogen) atoms. The van der Waals surface area contributed by atoms with Crippen LogP contribution in [0.15, 0.2) is 57.7 Å². The van der Waals surface area contributed by atoms with E-state index in [1.807, 2.05) is 68.3 Å². The van der Waals surface area contributed by atoms with Crippen LogP contribution in [-0.2, 0) is 19.1 Å². The third-order valence-electron chi connectivity index (χ3n) is 6.14. The van der Waals surface area contributed by atoms with Crippen LogP contribution in [0.3, 0.4) is 0 Å². The normalized spacial score (nSPS) is 20.4. The lowest BCUT2D eigenvalue weighted by Crippen LogP contribution is -2.50. The molecule has 1 saturated heterocycles. The van der Waals surface area contributed by atoms with Crippen molar-refractivity contribution in [2.24, 2.45) is 4.99 Å². The summed E-state index contributed by atoms with van der Waals surface area (Å²) in [5.74, 6) is -0.378. The van der Waals surface area contributed by atoms with E-state index in [4.69, 9.17) is 9.73 Å². The topological polar surface area (TPSA) is 82.5 Å². The first-order chi connectivity index (χ1) is 16.5. The monoisotopic (exact) mass is 496 g/mol. The molecule has 9 heteroatoms. The van der Waals surface area contributed by atoms with Crippen LogP contribution in [0, 0.1) is 0 Å². The van der Waals surface area contributed by atoms with Gasteiger partial charge in [0.05, 0.1) is 23.7 Å². The first-order valence-corrected chi connectivity index (χ1v) is 12.7. The Morgan fingerprint density at radius 3 is 2.29 bits per heavy atom. The van der Waals surface area contributed by atoms with E-state index in [-0.39, 0.29) is 18.2 Å². The molecule has 0 N–H and O–H groups in total. The van der Waals surface area contributed by atoms with Gasteiger partial charge in [0.2, 0.25) is 11.8 Å². The maximum absolute atomic E-state index is 13.3. The summed E-state index contributed by atoms with van der Waals surface area (Å²) in [7, 11) is 0. The van der Waals surface area contributed by atoms with Crippen molar-refractivity contribution >= 4 is 34.7 Å². The highest BCUT2D eigenvalue weighted by Gasteiger charge is 2.42. The van der Waals surface area contributed by atoms with E-state index in [1.165, 1.54) is 11.8 Å². The molecular formula is C26H32N4O4S. The smallest absolute Gasteiger partial charge is 0.338 e. The zero-order valence-corrected chi connectivity index (χ0v) is 21.7. The fourth-order valence-corrected chi connectivity index (χ4v) is 5.42. The number of piperazine rings is 1. The molecular weight excluding hydrogens is 464 g/mol. The van der Waals surface area contributed by atoms with Crippen LogP contribution in [0.2, 0.25) is 0 Å². The number of hydrogen-bond donors (Lipinski definition) is 0. The minimum atomic E-state index is -0.647. The molecule has 1 fully saturated rings. The van der Waals surface area contributed by atoms with Gasteiger partial charge >= 0.3 is 5.97 Å². The van der Waals surface area contributed by atoms with E-state index < -0.39 is 17.6 Å². The van der Waals surface area contributed by atoms with Crippen molar-refractivity contribution in [2.75, 3.05) is 26.2 Å². The van der Waals surface area contributed by atoms with Crippen molar-refractivity contribution in [2.45, 2.75) is 52.7 Å². The number of benzene rings is 1. The fourth-order valence-electron chi connectivity index (χ4n) is 4.45. The molecule has 3 aliphatic heterocycles. The summed E-state index contributed by atoms with van der Waals surface area (Å²) in [6.07, 6.45) is 0.191. The molecule has 1 atom stereocenters. The Morgan fingerprint density at radius 1 is 1.06 bits per heavy atom. The van der Waals surface area contributed by atoms with Gasteiger partial charge in [0.1, 0.15) is 5.60 Å². The second-order valence-electron chi connectivity index (χ2n) is 9.87. The van der Waals surface area contributed by atoms with Crippen molar-refractivity contribution in [3.63, 3.8) is 0 Å². The summed E-state index contributed by atoms with van der Waals surface area (Å²) in [6, 6.07) is 9.33.